The maximum absolute atomic E-state index is 11.1. The fourth-order valence-corrected chi connectivity index (χ4v) is 2.35. The molecule has 0 atom stereocenters. The molecule has 0 aliphatic heterocycles. The van der Waals surface area contributed by atoms with Crippen molar-refractivity contribution in [1.29, 1.82) is 0 Å². The molecule has 0 saturated carbocycles. The smallest absolute Gasteiger partial charge is 0.342 e. The SMILES string of the molecule is O=C(O)c1cccc(Oc2ccc(Br)cc2Cl)c1[N+](=O)[O-]. The third kappa shape index (κ3) is 3.32. The summed E-state index contributed by atoms with van der Waals surface area (Å²) < 4.78 is 6.11. The number of nitro benzene ring substituents is 1. The van der Waals surface area contributed by atoms with Crippen molar-refractivity contribution in [2.45, 2.75) is 0 Å². The molecular weight excluding hydrogens is 366 g/mol. The monoisotopic (exact) mass is 371 g/mol. The van der Waals surface area contributed by atoms with Crippen LogP contribution in [0.1, 0.15) is 10.4 Å². The van der Waals surface area contributed by atoms with Crippen LogP contribution in [0.15, 0.2) is 40.9 Å². The summed E-state index contributed by atoms with van der Waals surface area (Å²) in [7, 11) is 0. The Morgan fingerprint density at radius 2 is 2.00 bits per heavy atom. The summed E-state index contributed by atoms with van der Waals surface area (Å²) in [6.45, 7) is 0. The van der Waals surface area contributed by atoms with Gasteiger partial charge in [-0.2, -0.15) is 0 Å². The van der Waals surface area contributed by atoms with Gasteiger partial charge in [-0.15, -0.1) is 0 Å². The van der Waals surface area contributed by atoms with Crippen LogP contribution in [0, 0.1) is 10.1 Å². The van der Waals surface area contributed by atoms with Crippen molar-refractivity contribution in [3.05, 3.63) is 61.6 Å². The quantitative estimate of drug-likeness (QED) is 0.630. The predicted molar refractivity (Wildman–Crippen MR) is 79.3 cm³/mol. The third-order valence-electron chi connectivity index (χ3n) is 2.53. The van der Waals surface area contributed by atoms with E-state index < -0.39 is 22.1 Å². The van der Waals surface area contributed by atoms with E-state index in [1.165, 1.54) is 18.2 Å². The Balaban J connectivity index is 2.51. The van der Waals surface area contributed by atoms with Gasteiger partial charge < -0.3 is 9.84 Å². The van der Waals surface area contributed by atoms with E-state index in [0.717, 1.165) is 6.07 Å². The van der Waals surface area contributed by atoms with Crippen LogP contribution in [0.25, 0.3) is 0 Å². The molecule has 2 rings (SSSR count). The molecule has 0 aromatic heterocycles. The van der Waals surface area contributed by atoms with Gasteiger partial charge in [0.25, 0.3) is 0 Å². The molecule has 21 heavy (non-hydrogen) atoms. The Bertz CT molecular complexity index is 734. The highest BCUT2D eigenvalue weighted by Crippen LogP contribution is 2.37. The number of hydrogen-bond acceptors (Lipinski definition) is 4. The Morgan fingerprint density at radius 1 is 1.29 bits per heavy atom. The van der Waals surface area contributed by atoms with E-state index in [2.05, 4.69) is 15.9 Å². The van der Waals surface area contributed by atoms with Gasteiger partial charge in [-0.05, 0) is 30.3 Å². The Labute approximate surface area is 132 Å². The van der Waals surface area contributed by atoms with E-state index in [0.29, 0.717) is 4.47 Å². The van der Waals surface area contributed by atoms with Crippen LogP contribution in [0.4, 0.5) is 5.69 Å². The van der Waals surface area contributed by atoms with Gasteiger partial charge in [-0.3, -0.25) is 10.1 Å². The Hall–Kier alpha value is -2.12. The standard InChI is InChI=1S/C13H7BrClNO5/c14-7-4-5-10(9(15)6-7)21-11-3-1-2-8(13(17)18)12(11)16(19)20/h1-6H,(H,17,18). The van der Waals surface area contributed by atoms with E-state index in [-0.39, 0.29) is 16.5 Å². The first-order chi connectivity index (χ1) is 9.90. The first-order valence-electron chi connectivity index (χ1n) is 5.53. The zero-order chi connectivity index (χ0) is 15.6. The number of halogens is 2. The lowest BCUT2D eigenvalue weighted by Crippen LogP contribution is -2.04. The number of nitro groups is 1. The minimum atomic E-state index is -1.41. The molecule has 0 radical (unpaired) electrons. The van der Waals surface area contributed by atoms with Gasteiger partial charge >= 0.3 is 11.7 Å². The number of aromatic carboxylic acids is 1. The average Bonchev–Trinajstić information content (AvgIpc) is 2.41. The number of carbonyl (C=O) groups is 1. The predicted octanol–water partition coefficient (Wildman–Crippen LogP) is 4.50. The topological polar surface area (TPSA) is 89.7 Å². The van der Waals surface area contributed by atoms with E-state index in [1.54, 1.807) is 12.1 Å². The van der Waals surface area contributed by atoms with Gasteiger partial charge in [-0.1, -0.05) is 33.6 Å². The van der Waals surface area contributed by atoms with Gasteiger partial charge in [0.2, 0.25) is 5.75 Å². The van der Waals surface area contributed by atoms with Crippen molar-refractivity contribution in [3.8, 4) is 11.5 Å². The lowest BCUT2D eigenvalue weighted by Gasteiger charge is -2.09. The van der Waals surface area contributed by atoms with Crippen LogP contribution >= 0.6 is 27.5 Å². The molecule has 2 aromatic carbocycles. The molecule has 0 saturated heterocycles. The molecule has 0 amide bonds. The Morgan fingerprint density at radius 3 is 2.57 bits per heavy atom. The molecule has 108 valence electrons. The number of ether oxygens (including phenoxy) is 1. The summed E-state index contributed by atoms with van der Waals surface area (Å²) >= 11 is 9.20. The Kier molecular flexibility index (Phi) is 4.44. The summed E-state index contributed by atoms with van der Waals surface area (Å²) in [5.74, 6) is -1.41. The summed E-state index contributed by atoms with van der Waals surface area (Å²) in [4.78, 5) is 21.3. The molecule has 6 nitrogen and oxygen atoms in total. The highest BCUT2D eigenvalue weighted by molar-refractivity contribution is 9.10. The van der Waals surface area contributed by atoms with Gasteiger partial charge in [0, 0.05) is 4.47 Å². The summed E-state index contributed by atoms with van der Waals surface area (Å²) in [6, 6.07) is 8.53. The molecule has 1 N–H and O–H groups in total. The highest BCUT2D eigenvalue weighted by atomic mass is 79.9. The second kappa shape index (κ2) is 6.11. The molecule has 0 bridgehead atoms. The van der Waals surface area contributed by atoms with Gasteiger partial charge in [0.1, 0.15) is 11.3 Å². The number of hydrogen-bond donors (Lipinski definition) is 1. The van der Waals surface area contributed by atoms with Crippen molar-refractivity contribution in [2.75, 3.05) is 0 Å². The number of rotatable bonds is 4. The lowest BCUT2D eigenvalue weighted by molar-refractivity contribution is -0.386. The number of nitrogens with zero attached hydrogens (tertiary/aromatic N) is 1. The summed E-state index contributed by atoms with van der Waals surface area (Å²) in [5, 5.41) is 20.3. The second-order valence-electron chi connectivity index (χ2n) is 3.89. The number of carboxylic acid groups (broad SMARTS) is 1. The van der Waals surface area contributed by atoms with E-state index in [1.807, 2.05) is 0 Å². The highest BCUT2D eigenvalue weighted by Gasteiger charge is 2.26. The molecule has 8 heteroatoms. The van der Waals surface area contributed by atoms with Crippen LogP contribution in [-0.4, -0.2) is 16.0 Å². The molecule has 0 aliphatic carbocycles. The van der Waals surface area contributed by atoms with Gasteiger partial charge in [0.05, 0.1) is 9.95 Å². The van der Waals surface area contributed by atoms with Crippen molar-refractivity contribution in [2.24, 2.45) is 0 Å². The first-order valence-corrected chi connectivity index (χ1v) is 6.71. The van der Waals surface area contributed by atoms with E-state index in [4.69, 9.17) is 21.4 Å². The molecule has 0 aliphatic rings. The fraction of sp³-hybridized carbons (Fsp3) is 0. The van der Waals surface area contributed by atoms with Crippen molar-refractivity contribution in [1.82, 2.24) is 0 Å². The first kappa shape index (κ1) is 15.3. The van der Waals surface area contributed by atoms with Crippen molar-refractivity contribution < 1.29 is 19.6 Å². The molecule has 0 unspecified atom stereocenters. The molecular formula is C13H7BrClNO5. The number of para-hydroxylation sites is 1. The van der Waals surface area contributed by atoms with Crippen LogP contribution < -0.4 is 4.74 Å². The molecule has 0 spiro atoms. The van der Waals surface area contributed by atoms with E-state index in [9.17, 15) is 14.9 Å². The van der Waals surface area contributed by atoms with Crippen LogP contribution in [0.3, 0.4) is 0 Å². The van der Waals surface area contributed by atoms with Crippen LogP contribution in [0.5, 0.6) is 11.5 Å². The van der Waals surface area contributed by atoms with E-state index >= 15 is 0 Å². The fourth-order valence-electron chi connectivity index (χ4n) is 1.64. The zero-order valence-corrected chi connectivity index (χ0v) is 12.6. The molecule has 0 fully saturated rings. The summed E-state index contributed by atoms with van der Waals surface area (Å²) in [5.41, 5.74) is -1.07. The maximum Gasteiger partial charge on any atom is 0.342 e. The van der Waals surface area contributed by atoms with Gasteiger partial charge in [-0.25, -0.2) is 4.79 Å². The normalized spacial score (nSPS) is 10.2. The second-order valence-corrected chi connectivity index (χ2v) is 5.21. The minimum absolute atomic E-state index is 0.186. The van der Waals surface area contributed by atoms with Crippen LogP contribution in [-0.2, 0) is 0 Å². The number of benzene rings is 2. The van der Waals surface area contributed by atoms with Crippen molar-refractivity contribution in [3.63, 3.8) is 0 Å². The average molecular weight is 373 g/mol. The van der Waals surface area contributed by atoms with Gasteiger partial charge in [0.15, 0.2) is 0 Å². The summed E-state index contributed by atoms with van der Waals surface area (Å²) in [6.07, 6.45) is 0. The largest absolute Gasteiger partial charge is 0.477 e. The number of carboxylic acids is 1. The lowest BCUT2D eigenvalue weighted by atomic mass is 10.1. The third-order valence-corrected chi connectivity index (χ3v) is 3.31. The maximum atomic E-state index is 11.1. The molecule has 0 heterocycles. The minimum Gasteiger partial charge on any atom is -0.477 e. The van der Waals surface area contributed by atoms with Crippen molar-refractivity contribution >= 4 is 39.2 Å². The zero-order valence-electron chi connectivity index (χ0n) is 10.2. The van der Waals surface area contributed by atoms with Crippen LogP contribution in [0.2, 0.25) is 5.02 Å². The molecule has 2 aromatic rings.